The summed E-state index contributed by atoms with van der Waals surface area (Å²) in [7, 11) is 0. The highest BCUT2D eigenvalue weighted by Gasteiger charge is 2.51. The van der Waals surface area contributed by atoms with Crippen molar-refractivity contribution >= 4 is 45.8 Å². The van der Waals surface area contributed by atoms with E-state index in [0.29, 0.717) is 10.7 Å². The predicted octanol–water partition coefficient (Wildman–Crippen LogP) is 3.86. The van der Waals surface area contributed by atoms with Crippen molar-refractivity contribution < 1.29 is 4.79 Å². The van der Waals surface area contributed by atoms with Crippen LogP contribution in [0.25, 0.3) is 0 Å². The van der Waals surface area contributed by atoms with Gasteiger partial charge in [-0.2, -0.15) is 0 Å². The molecule has 4 bridgehead atoms. The molecule has 0 unspecified atom stereocenters. The highest BCUT2D eigenvalue weighted by molar-refractivity contribution is 14.1. The molecule has 0 aliphatic heterocycles. The van der Waals surface area contributed by atoms with Gasteiger partial charge in [-0.3, -0.25) is 10.1 Å². The van der Waals surface area contributed by atoms with E-state index >= 15 is 0 Å². The van der Waals surface area contributed by atoms with E-state index in [9.17, 15) is 4.79 Å². The Morgan fingerprint density at radius 1 is 1.04 bits per heavy atom. The normalized spacial score (nSPS) is 34.2. The Morgan fingerprint density at radius 3 is 2.09 bits per heavy atom. The zero-order valence-corrected chi connectivity index (χ0v) is 16.0. The van der Waals surface area contributed by atoms with Crippen LogP contribution in [0.4, 0.5) is 0 Å². The molecule has 0 radical (unpaired) electrons. The van der Waals surface area contributed by atoms with Gasteiger partial charge in [0.1, 0.15) is 0 Å². The molecule has 5 heteroatoms. The summed E-state index contributed by atoms with van der Waals surface area (Å²) >= 11 is 7.68. The SMILES string of the molecule is O=C(NC(=S)NC12CC3CC(CC(C3)C1)C2)c1ccc(I)cc1. The zero-order chi connectivity index (χ0) is 16.0. The lowest BCUT2D eigenvalue weighted by Crippen LogP contribution is -2.61. The number of benzene rings is 1. The maximum absolute atomic E-state index is 12.3. The molecular formula is C18H21IN2OS. The van der Waals surface area contributed by atoms with Gasteiger partial charge in [-0.25, -0.2) is 0 Å². The molecule has 122 valence electrons. The van der Waals surface area contributed by atoms with E-state index < -0.39 is 0 Å². The lowest BCUT2D eigenvalue weighted by atomic mass is 9.53. The lowest BCUT2D eigenvalue weighted by Gasteiger charge is -2.57. The average Bonchev–Trinajstić information content (AvgIpc) is 2.45. The van der Waals surface area contributed by atoms with E-state index in [-0.39, 0.29) is 11.4 Å². The van der Waals surface area contributed by atoms with Gasteiger partial charge in [0.05, 0.1) is 0 Å². The number of thiocarbonyl (C=S) groups is 1. The average molecular weight is 440 g/mol. The number of carbonyl (C=O) groups is 1. The molecule has 0 aromatic heterocycles. The second kappa shape index (κ2) is 5.99. The maximum Gasteiger partial charge on any atom is 0.257 e. The second-order valence-electron chi connectivity index (χ2n) is 7.61. The number of nitrogens with one attached hydrogen (secondary N) is 2. The third kappa shape index (κ3) is 3.27. The highest BCUT2D eigenvalue weighted by atomic mass is 127. The van der Waals surface area contributed by atoms with Gasteiger partial charge in [-0.1, -0.05) is 0 Å². The third-order valence-electron chi connectivity index (χ3n) is 5.75. The molecule has 0 spiro atoms. The van der Waals surface area contributed by atoms with Crippen LogP contribution in [0.3, 0.4) is 0 Å². The van der Waals surface area contributed by atoms with Crippen molar-refractivity contribution in [3.05, 3.63) is 33.4 Å². The molecule has 23 heavy (non-hydrogen) atoms. The molecule has 4 fully saturated rings. The smallest absolute Gasteiger partial charge is 0.257 e. The van der Waals surface area contributed by atoms with E-state index in [1.54, 1.807) is 0 Å². The van der Waals surface area contributed by atoms with Crippen LogP contribution >= 0.6 is 34.8 Å². The van der Waals surface area contributed by atoms with Gasteiger partial charge in [-0.15, -0.1) is 0 Å². The number of hydrogen-bond donors (Lipinski definition) is 2. The predicted molar refractivity (Wildman–Crippen MR) is 103 cm³/mol. The molecule has 4 aliphatic carbocycles. The van der Waals surface area contributed by atoms with Gasteiger partial charge in [0, 0.05) is 14.7 Å². The van der Waals surface area contributed by atoms with Crippen LogP contribution < -0.4 is 10.6 Å². The summed E-state index contributed by atoms with van der Waals surface area (Å²) < 4.78 is 1.12. The lowest BCUT2D eigenvalue weighted by molar-refractivity contribution is -0.0101. The van der Waals surface area contributed by atoms with Crippen molar-refractivity contribution in [2.45, 2.75) is 44.1 Å². The van der Waals surface area contributed by atoms with Crippen LogP contribution in [0.15, 0.2) is 24.3 Å². The standard InChI is InChI=1S/C18H21IN2OS/c19-15-3-1-14(2-4-15)16(22)20-17(23)21-18-8-11-5-12(9-18)7-13(6-11)10-18/h1-4,11-13H,5-10H2,(H2,20,21,22,23). The van der Waals surface area contributed by atoms with Gasteiger partial charge >= 0.3 is 0 Å². The second-order valence-corrected chi connectivity index (χ2v) is 9.27. The number of halogens is 1. The minimum atomic E-state index is -0.122. The van der Waals surface area contributed by atoms with Crippen LogP contribution in [0.2, 0.25) is 0 Å². The number of carbonyl (C=O) groups excluding carboxylic acids is 1. The molecule has 4 saturated carbocycles. The van der Waals surface area contributed by atoms with Crippen LogP contribution in [-0.4, -0.2) is 16.6 Å². The monoisotopic (exact) mass is 440 g/mol. The summed E-state index contributed by atoms with van der Waals surface area (Å²) in [5.74, 6) is 2.47. The molecule has 1 aromatic carbocycles. The molecule has 1 aromatic rings. The first-order chi connectivity index (χ1) is 11.0. The zero-order valence-electron chi connectivity index (χ0n) is 13.0. The maximum atomic E-state index is 12.3. The Balaban J connectivity index is 1.40. The Labute approximate surface area is 156 Å². The Hall–Kier alpha value is -0.690. The van der Waals surface area contributed by atoms with Crippen LogP contribution in [0, 0.1) is 21.3 Å². The van der Waals surface area contributed by atoms with Crippen LogP contribution in [0.5, 0.6) is 0 Å². The van der Waals surface area contributed by atoms with Gasteiger partial charge in [0.25, 0.3) is 5.91 Å². The molecule has 0 atom stereocenters. The van der Waals surface area contributed by atoms with Crippen molar-refractivity contribution in [2.75, 3.05) is 0 Å². The van der Waals surface area contributed by atoms with E-state index in [0.717, 1.165) is 21.3 Å². The summed E-state index contributed by atoms with van der Waals surface area (Å²) in [6.45, 7) is 0. The first kappa shape index (κ1) is 15.8. The fourth-order valence-corrected chi connectivity index (χ4v) is 5.98. The van der Waals surface area contributed by atoms with Gasteiger partial charge < -0.3 is 5.32 Å². The molecule has 3 nitrogen and oxygen atoms in total. The number of amides is 1. The summed E-state index contributed by atoms with van der Waals surface area (Å²) in [6.07, 6.45) is 7.88. The third-order valence-corrected chi connectivity index (χ3v) is 6.67. The van der Waals surface area contributed by atoms with E-state index in [1.807, 2.05) is 24.3 Å². The first-order valence-electron chi connectivity index (χ1n) is 8.40. The quantitative estimate of drug-likeness (QED) is 0.542. The van der Waals surface area contributed by atoms with Crippen LogP contribution in [0.1, 0.15) is 48.9 Å². The Kier molecular flexibility index (Phi) is 4.12. The largest absolute Gasteiger partial charge is 0.357 e. The van der Waals surface area contributed by atoms with Crippen molar-refractivity contribution in [1.82, 2.24) is 10.6 Å². The van der Waals surface area contributed by atoms with Gasteiger partial charge in [-0.05, 0) is 115 Å². The fourth-order valence-electron chi connectivity index (χ4n) is 5.31. The fraction of sp³-hybridized carbons (Fsp3) is 0.556. The molecule has 2 N–H and O–H groups in total. The molecule has 0 saturated heterocycles. The molecule has 0 heterocycles. The summed E-state index contributed by atoms with van der Waals surface area (Å²) in [5, 5.41) is 6.90. The van der Waals surface area contributed by atoms with Crippen molar-refractivity contribution in [3.8, 4) is 0 Å². The van der Waals surface area contributed by atoms with E-state index in [4.69, 9.17) is 12.2 Å². The Bertz CT molecular complexity index is 608. The minimum absolute atomic E-state index is 0.122. The topological polar surface area (TPSA) is 41.1 Å². The van der Waals surface area contributed by atoms with Crippen molar-refractivity contribution in [3.63, 3.8) is 0 Å². The van der Waals surface area contributed by atoms with Gasteiger partial charge in [0.2, 0.25) is 0 Å². The van der Waals surface area contributed by atoms with Gasteiger partial charge in [0.15, 0.2) is 5.11 Å². The summed E-state index contributed by atoms with van der Waals surface area (Å²) in [6, 6.07) is 7.55. The number of hydrogen-bond acceptors (Lipinski definition) is 2. The molecule has 1 amide bonds. The van der Waals surface area contributed by atoms with Crippen molar-refractivity contribution in [2.24, 2.45) is 17.8 Å². The first-order valence-corrected chi connectivity index (χ1v) is 9.89. The van der Waals surface area contributed by atoms with Crippen molar-refractivity contribution in [1.29, 1.82) is 0 Å². The minimum Gasteiger partial charge on any atom is -0.357 e. The molecular weight excluding hydrogens is 419 g/mol. The van der Waals surface area contributed by atoms with Crippen LogP contribution in [-0.2, 0) is 0 Å². The summed E-state index contributed by atoms with van der Waals surface area (Å²) in [4.78, 5) is 12.3. The highest BCUT2D eigenvalue weighted by Crippen LogP contribution is 2.55. The summed E-state index contributed by atoms with van der Waals surface area (Å²) in [5.41, 5.74) is 0.797. The number of rotatable bonds is 2. The van der Waals surface area contributed by atoms with E-state index in [1.165, 1.54) is 38.5 Å². The van der Waals surface area contributed by atoms with E-state index in [2.05, 4.69) is 33.2 Å². The molecule has 4 aliphatic rings. The Morgan fingerprint density at radius 2 is 1.57 bits per heavy atom. The molecule has 5 rings (SSSR count).